The van der Waals surface area contributed by atoms with Gasteiger partial charge in [-0.1, -0.05) is 204 Å². The van der Waals surface area contributed by atoms with Gasteiger partial charge in [-0.3, -0.25) is 4.79 Å². The first-order valence-electron chi connectivity index (χ1n) is 27.4. The fourth-order valence-electron chi connectivity index (χ4n) is 8.64. The number of ether oxygens (including phenoxy) is 2. The molecule has 0 bridgehead atoms. The predicted octanol–water partition coefficient (Wildman–Crippen LogP) is 10.7. The van der Waals surface area contributed by atoms with E-state index in [0.29, 0.717) is 19.3 Å². The molecule has 0 aromatic carbocycles. The van der Waals surface area contributed by atoms with E-state index in [1.54, 1.807) is 0 Å². The summed E-state index contributed by atoms with van der Waals surface area (Å²) in [7, 11) is 0. The van der Waals surface area contributed by atoms with Gasteiger partial charge in [0, 0.05) is 0 Å². The van der Waals surface area contributed by atoms with Gasteiger partial charge in [0.2, 0.25) is 5.91 Å². The van der Waals surface area contributed by atoms with Gasteiger partial charge >= 0.3 is 0 Å². The average molecular weight is 938 g/mol. The predicted molar refractivity (Wildman–Crippen MR) is 270 cm³/mol. The smallest absolute Gasteiger partial charge is 0.249 e. The normalized spacial score (nSPS) is 21.0. The summed E-state index contributed by atoms with van der Waals surface area (Å²) in [6.45, 7) is 3.35. The number of unbranched alkanes of at least 4 members (excludes halogenated alkanes) is 28. The van der Waals surface area contributed by atoms with Gasteiger partial charge in [-0.25, -0.2) is 0 Å². The van der Waals surface area contributed by atoms with Gasteiger partial charge < -0.3 is 50.5 Å². The summed E-state index contributed by atoms with van der Waals surface area (Å²) < 4.78 is 11.0. The number of carbonyl (C=O) groups is 1. The van der Waals surface area contributed by atoms with E-state index in [0.717, 1.165) is 32.1 Å². The van der Waals surface area contributed by atoms with Crippen LogP contribution in [0, 0.1) is 0 Å². The molecule has 66 heavy (non-hydrogen) atoms. The van der Waals surface area contributed by atoms with Crippen LogP contribution < -0.4 is 5.32 Å². The van der Waals surface area contributed by atoms with E-state index in [1.807, 2.05) is 6.08 Å². The van der Waals surface area contributed by atoms with E-state index >= 15 is 0 Å². The molecule has 0 aromatic heterocycles. The molecule has 0 radical (unpaired) electrons. The van der Waals surface area contributed by atoms with Crippen LogP contribution in [-0.2, 0) is 14.3 Å². The summed E-state index contributed by atoms with van der Waals surface area (Å²) in [5.41, 5.74) is 0. The third-order valence-corrected chi connectivity index (χ3v) is 13.2. The number of carbonyl (C=O) groups excluding carboxylic acids is 1. The quantitative estimate of drug-likeness (QED) is 0.0215. The Hall–Kier alpha value is -1.67. The minimum atomic E-state index is -1.68. The molecule has 11 nitrogen and oxygen atoms in total. The zero-order valence-corrected chi connectivity index (χ0v) is 42.2. The number of allylic oxidation sites excluding steroid dienone is 6. The molecule has 1 saturated heterocycles. The maximum Gasteiger partial charge on any atom is 0.249 e. The largest absolute Gasteiger partial charge is 0.394 e. The second-order valence-corrected chi connectivity index (χ2v) is 19.3. The van der Waals surface area contributed by atoms with Gasteiger partial charge in [-0.05, 0) is 70.6 Å². The zero-order valence-electron chi connectivity index (χ0n) is 42.2. The van der Waals surface area contributed by atoms with Crippen molar-refractivity contribution in [3.8, 4) is 0 Å². The SMILES string of the molecule is CCCCCC/C=C\CCC(O)C(=O)NC(COC1OC(CO)C(O)C(O)C1O)C(O)C(O)CCC/C=C/CC/C=C/CCCCCCCCCCCCCCCCCCCCCCCC. The highest BCUT2D eigenvalue weighted by Gasteiger charge is 2.44. The molecule has 9 atom stereocenters. The minimum absolute atomic E-state index is 0.165. The molecule has 0 saturated carbocycles. The lowest BCUT2D eigenvalue weighted by molar-refractivity contribution is -0.303. The fourth-order valence-corrected chi connectivity index (χ4v) is 8.64. The van der Waals surface area contributed by atoms with Crippen LogP contribution in [0.5, 0.6) is 0 Å². The van der Waals surface area contributed by atoms with E-state index in [1.165, 1.54) is 161 Å². The van der Waals surface area contributed by atoms with Gasteiger partial charge in [-0.2, -0.15) is 0 Å². The van der Waals surface area contributed by atoms with Gasteiger partial charge in [0.05, 0.1) is 25.4 Å². The lowest BCUT2D eigenvalue weighted by atomic mass is 9.99. The molecule has 8 N–H and O–H groups in total. The average Bonchev–Trinajstić information content (AvgIpc) is 3.32. The molecular formula is C55H103NO10. The molecule has 1 aliphatic heterocycles. The van der Waals surface area contributed by atoms with Crippen LogP contribution in [-0.4, -0.2) is 110 Å². The Morgan fingerprint density at radius 1 is 0.515 bits per heavy atom. The molecule has 0 spiro atoms. The van der Waals surface area contributed by atoms with E-state index < -0.39 is 74.2 Å². The highest BCUT2D eigenvalue weighted by Crippen LogP contribution is 2.23. The maximum absolute atomic E-state index is 13.0. The summed E-state index contributed by atoms with van der Waals surface area (Å²) in [4.78, 5) is 13.0. The summed E-state index contributed by atoms with van der Waals surface area (Å²) in [6.07, 6.45) is 42.7. The summed E-state index contributed by atoms with van der Waals surface area (Å²) >= 11 is 0. The summed E-state index contributed by atoms with van der Waals surface area (Å²) in [5, 5.41) is 75.5. The van der Waals surface area contributed by atoms with Crippen molar-refractivity contribution in [1.29, 1.82) is 0 Å². The van der Waals surface area contributed by atoms with E-state index in [-0.39, 0.29) is 12.8 Å². The fraction of sp³-hybridized carbons (Fsp3) is 0.873. The molecule has 1 rings (SSSR count). The Morgan fingerprint density at radius 2 is 0.909 bits per heavy atom. The summed E-state index contributed by atoms with van der Waals surface area (Å²) in [6, 6.07) is -1.20. The second-order valence-electron chi connectivity index (χ2n) is 19.3. The first kappa shape index (κ1) is 62.3. The monoisotopic (exact) mass is 938 g/mol. The van der Waals surface area contributed by atoms with Gasteiger partial charge in [0.1, 0.15) is 36.6 Å². The Balaban J connectivity index is 2.23. The van der Waals surface area contributed by atoms with Crippen molar-refractivity contribution >= 4 is 5.91 Å². The Bertz CT molecular complexity index is 1170. The van der Waals surface area contributed by atoms with Crippen molar-refractivity contribution < 1.29 is 50.0 Å². The van der Waals surface area contributed by atoms with Crippen molar-refractivity contribution in [2.75, 3.05) is 13.2 Å². The number of aliphatic hydroxyl groups excluding tert-OH is 7. The van der Waals surface area contributed by atoms with Crippen molar-refractivity contribution in [1.82, 2.24) is 5.32 Å². The summed E-state index contributed by atoms with van der Waals surface area (Å²) in [5.74, 6) is -0.747. The van der Waals surface area contributed by atoms with Crippen LogP contribution in [0.2, 0.25) is 0 Å². The Labute approximate surface area is 403 Å². The topological polar surface area (TPSA) is 189 Å². The van der Waals surface area contributed by atoms with Crippen molar-refractivity contribution in [2.45, 2.75) is 294 Å². The van der Waals surface area contributed by atoms with Crippen LogP contribution in [0.15, 0.2) is 36.5 Å². The first-order chi connectivity index (χ1) is 32.2. The van der Waals surface area contributed by atoms with Gasteiger partial charge in [0.25, 0.3) is 0 Å². The van der Waals surface area contributed by atoms with Crippen LogP contribution >= 0.6 is 0 Å². The van der Waals surface area contributed by atoms with E-state index in [2.05, 4.69) is 49.5 Å². The lowest BCUT2D eigenvalue weighted by Crippen LogP contribution is -2.60. The van der Waals surface area contributed by atoms with Crippen molar-refractivity contribution in [2.24, 2.45) is 0 Å². The lowest BCUT2D eigenvalue weighted by Gasteiger charge is -2.40. The minimum Gasteiger partial charge on any atom is -0.394 e. The maximum atomic E-state index is 13.0. The van der Waals surface area contributed by atoms with Crippen molar-refractivity contribution in [3.63, 3.8) is 0 Å². The highest BCUT2D eigenvalue weighted by atomic mass is 16.7. The van der Waals surface area contributed by atoms with Crippen LogP contribution in [0.1, 0.15) is 239 Å². The van der Waals surface area contributed by atoms with Crippen LogP contribution in [0.25, 0.3) is 0 Å². The van der Waals surface area contributed by atoms with Crippen LogP contribution in [0.4, 0.5) is 0 Å². The van der Waals surface area contributed by atoms with Crippen molar-refractivity contribution in [3.05, 3.63) is 36.5 Å². The number of hydrogen-bond donors (Lipinski definition) is 8. The zero-order chi connectivity index (χ0) is 48.3. The molecule has 1 aliphatic rings. The Morgan fingerprint density at radius 3 is 1.36 bits per heavy atom. The molecule has 11 heteroatoms. The number of rotatable bonds is 46. The van der Waals surface area contributed by atoms with Gasteiger partial charge in [0.15, 0.2) is 6.29 Å². The third kappa shape index (κ3) is 33.0. The van der Waals surface area contributed by atoms with Crippen LogP contribution in [0.3, 0.4) is 0 Å². The molecule has 1 amide bonds. The first-order valence-corrected chi connectivity index (χ1v) is 27.4. The Kier molecular flexibility index (Phi) is 42.1. The standard InChI is InChI=1S/C55H103NO10/c1-3-5-7-9-11-13-14-15-16-17-18-19-20-21-22-23-24-25-26-27-28-29-30-31-32-33-34-35-37-38-40-42-47(58)50(60)46(45-65-55-53(63)52(62)51(61)49(44-57)66-55)56-54(64)48(59)43-41-39-36-12-10-8-6-4-2/h31-32,35-37,39,46-53,55,57-63H,3-30,33-34,38,40-45H2,1-2H3,(H,56,64)/b32-31+,37-35+,39-36-. The molecule has 0 aromatic rings. The number of nitrogens with one attached hydrogen (secondary N) is 1. The molecular weight excluding hydrogens is 835 g/mol. The second kappa shape index (κ2) is 44.5. The molecule has 9 unspecified atom stereocenters. The van der Waals surface area contributed by atoms with Gasteiger partial charge in [-0.15, -0.1) is 0 Å². The molecule has 1 fully saturated rings. The molecule has 0 aliphatic carbocycles. The number of hydrogen-bond acceptors (Lipinski definition) is 10. The number of amides is 1. The van der Waals surface area contributed by atoms with E-state index in [9.17, 15) is 40.5 Å². The van der Waals surface area contributed by atoms with E-state index in [4.69, 9.17) is 9.47 Å². The highest BCUT2D eigenvalue weighted by molar-refractivity contribution is 5.80. The molecule has 1 heterocycles. The third-order valence-electron chi connectivity index (χ3n) is 13.2. The molecule has 388 valence electrons. The number of aliphatic hydroxyl groups is 7.